The molecule has 2 aliphatic rings. The number of anilines is 1. The highest BCUT2D eigenvalue weighted by molar-refractivity contribution is 7.87. The highest BCUT2D eigenvalue weighted by Crippen LogP contribution is 2.54. The number of carboxylic acids is 1. The van der Waals surface area contributed by atoms with Crippen LogP contribution in [0.2, 0.25) is 0 Å². The molecule has 4 aromatic rings. The van der Waals surface area contributed by atoms with E-state index in [2.05, 4.69) is 0 Å². The van der Waals surface area contributed by atoms with Gasteiger partial charge in [-0.2, -0.15) is 46.7 Å². The summed E-state index contributed by atoms with van der Waals surface area (Å²) >= 11 is 0. The molecule has 6 N–H and O–H groups in total. The molecule has 0 amide bonds. The number of ether oxygens (including phenoxy) is 3. The maximum atomic E-state index is 12.8. The number of allylic oxidation sites excluding steroid dienone is 8. The van der Waals surface area contributed by atoms with Gasteiger partial charge in [-0.15, -0.1) is 0 Å². The highest BCUT2D eigenvalue weighted by atomic mass is 32.2. The standard InChI is InChI=1S/C51H62N2O20S5/c1-5-52-41-20-18-37-39(31-35(75(59,60)61)33-43(37)77(65,66)67)48(41)50(2,22-14-30-74(56,57)58)45(52)15-10-7-6-8-11-16-46-51(3,23-25-72-28-29-73-27-26-71-4)49-40-32-36(76(62,63)64)34-44(78(68,69)70)38(40)19-21-42(49)53(46)24-13-9-12-17-47(54)55/h6-8,10-11,15-16,18-21,31-34H,5,9,12-14,17,22-30H2,1-4H3,(H5-,54,55,56,57,58,59,60,61,62,63,64,65,66,67,68,69,70)/p+1. The van der Waals surface area contributed by atoms with Crippen molar-refractivity contribution in [2.45, 2.75) is 96.1 Å². The summed E-state index contributed by atoms with van der Waals surface area (Å²) in [6.07, 6.45) is 13.5. The van der Waals surface area contributed by atoms with Crippen molar-refractivity contribution in [3.05, 3.63) is 108 Å². The van der Waals surface area contributed by atoms with Crippen LogP contribution in [0, 0.1) is 0 Å². The fourth-order valence-electron chi connectivity index (χ4n) is 10.4. The Balaban J connectivity index is 1.45. The molecule has 0 spiro atoms. The first-order valence-corrected chi connectivity index (χ1v) is 31.8. The molecule has 78 heavy (non-hydrogen) atoms. The van der Waals surface area contributed by atoms with E-state index in [1.165, 1.54) is 19.2 Å². The number of nitrogens with zero attached hydrogens (tertiary/aromatic N) is 2. The van der Waals surface area contributed by atoms with Crippen LogP contribution in [-0.4, -0.2) is 145 Å². The second-order valence-corrected chi connectivity index (χ2v) is 26.2. The van der Waals surface area contributed by atoms with Gasteiger partial charge in [0.2, 0.25) is 5.69 Å². The monoisotopic (exact) mass is 1180 g/mol. The van der Waals surface area contributed by atoms with E-state index in [1.54, 1.807) is 55.5 Å². The van der Waals surface area contributed by atoms with E-state index in [9.17, 15) is 74.8 Å². The summed E-state index contributed by atoms with van der Waals surface area (Å²) in [5.41, 5.74) is 0.777. The van der Waals surface area contributed by atoms with Gasteiger partial charge in [0, 0.05) is 72.0 Å². The van der Waals surface area contributed by atoms with E-state index >= 15 is 0 Å². The maximum absolute atomic E-state index is 12.8. The number of unbranched alkanes of at least 4 members (excludes halogenated alkanes) is 2. The van der Waals surface area contributed by atoms with Gasteiger partial charge in [-0.1, -0.05) is 42.9 Å². The van der Waals surface area contributed by atoms with Gasteiger partial charge >= 0.3 is 5.97 Å². The summed E-state index contributed by atoms with van der Waals surface area (Å²) in [6, 6.07) is 9.59. The second kappa shape index (κ2) is 24.6. The number of carboxylic acid groups (broad SMARTS) is 1. The number of methoxy groups -OCH3 is 1. The SMILES string of the molecule is CC[N+]1=C(/C=C/C=C/C=C/C=C2/N(CCCCCC(=O)O)c3ccc4c(S(=O)(=O)O)cc(S(=O)(=O)O)cc4c3C2(C)CCOCCOCCOC)C(C)(CCCS(=O)(=O)O)c2c1ccc1c(S(=O)(=O)O)cc(S(=O)(=O)O)cc21. The number of hydrogen-bond donors (Lipinski definition) is 6. The molecule has 0 saturated carbocycles. The minimum atomic E-state index is -5.06. The molecule has 0 aromatic heterocycles. The Morgan fingerprint density at radius 3 is 1.72 bits per heavy atom. The normalized spacial score (nSPS) is 19.0. The largest absolute Gasteiger partial charge is 0.481 e. The van der Waals surface area contributed by atoms with Crippen molar-refractivity contribution in [2.24, 2.45) is 0 Å². The van der Waals surface area contributed by atoms with Crippen LogP contribution in [0.25, 0.3) is 21.5 Å². The smallest absolute Gasteiger partial charge is 0.303 e. The summed E-state index contributed by atoms with van der Waals surface area (Å²) < 4.78 is 194. The molecule has 22 nitrogen and oxygen atoms in total. The summed E-state index contributed by atoms with van der Waals surface area (Å²) in [5, 5.41) is 9.36. The van der Waals surface area contributed by atoms with Gasteiger partial charge in [0.1, 0.15) is 16.3 Å². The average Bonchev–Trinajstić information content (AvgIpc) is 4.00. The van der Waals surface area contributed by atoms with Crippen LogP contribution in [0.1, 0.15) is 76.8 Å². The molecule has 2 atom stereocenters. The molecule has 0 saturated heterocycles. The Bertz CT molecular complexity index is 3720. The van der Waals surface area contributed by atoms with Crippen molar-refractivity contribution < 1.29 is 93.5 Å². The third kappa shape index (κ3) is 14.2. The van der Waals surface area contributed by atoms with E-state index < -0.39 is 92.7 Å². The minimum Gasteiger partial charge on any atom is -0.481 e. The molecule has 0 aliphatic carbocycles. The Labute approximate surface area is 454 Å². The van der Waals surface area contributed by atoms with Crippen molar-refractivity contribution in [2.75, 3.05) is 63.9 Å². The fraction of sp³-hybridized carbons (Fsp3) is 0.412. The molecular weight excluding hydrogens is 1120 g/mol. The van der Waals surface area contributed by atoms with Crippen LogP contribution in [0.15, 0.2) is 116 Å². The van der Waals surface area contributed by atoms with Crippen molar-refractivity contribution in [1.29, 1.82) is 0 Å². The predicted octanol–water partition coefficient (Wildman–Crippen LogP) is 7.07. The van der Waals surface area contributed by atoms with Gasteiger partial charge in [0.15, 0.2) is 5.71 Å². The lowest BCUT2D eigenvalue weighted by Gasteiger charge is -2.31. The Hall–Kier alpha value is -5.27. The van der Waals surface area contributed by atoms with E-state index in [4.69, 9.17) is 14.2 Å². The van der Waals surface area contributed by atoms with E-state index in [0.29, 0.717) is 91.6 Å². The number of fused-ring (bicyclic) bond motifs is 6. The first kappa shape index (κ1) is 61.9. The van der Waals surface area contributed by atoms with Crippen molar-refractivity contribution >= 4 is 95.2 Å². The fourth-order valence-corrected chi connectivity index (χ4v) is 13.6. The van der Waals surface area contributed by atoms with E-state index in [1.807, 2.05) is 29.4 Å². The molecule has 2 unspecified atom stereocenters. The van der Waals surface area contributed by atoms with Crippen LogP contribution in [-0.2, 0) is 80.4 Å². The summed E-state index contributed by atoms with van der Waals surface area (Å²) in [5.74, 6) is -1.60. The Kier molecular flexibility index (Phi) is 19.5. The molecule has 0 bridgehead atoms. The number of benzene rings is 4. The van der Waals surface area contributed by atoms with Crippen LogP contribution in [0.3, 0.4) is 0 Å². The lowest BCUT2D eigenvalue weighted by atomic mass is 9.74. The van der Waals surface area contributed by atoms with Crippen LogP contribution in [0.5, 0.6) is 0 Å². The first-order valence-electron chi connectivity index (χ1n) is 24.5. The predicted molar refractivity (Wildman–Crippen MR) is 290 cm³/mol. The molecule has 0 fully saturated rings. The summed E-state index contributed by atoms with van der Waals surface area (Å²) in [4.78, 5) is 10.2. The minimum absolute atomic E-state index is 0.0199. The molecule has 4 aromatic carbocycles. The van der Waals surface area contributed by atoms with Crippen molar-refractivity contribution in [1.82, 2.24) is 0 Å². The van der Waals surface area contributed by atoms with Crippen molar-refractivity contribution in [3.63, 3.8) is 0 Å². The lowest BCUT2D eigenvalue weighted by Crippen LogP contribution is -2.32. The zero-order valence-electron chi connectivity index (χ0n) is 43.1. The first-order chi connectivity index (χ1) is 36.4. The van der Waals surface area contributed by atoms with Gasteiger partial charge < -0.3 is 24.2 Å². The zero-order chi connectivity index (χ0) is 57.6. The second-order valence-electron chi connectivity index (χ2n) is 19.0. The average molecular weight is 1180 g/mol. The summed E-state index contributed by atoms with van der Waals surface area (Å²) in [7, 11) is -23.1. The molecule has 2 heterocycles. The maximum Gasteiger partial charge on any atom is 0.303 e. The third-order valence-corrected chi connectivity index (χ3v) is 18.1. The third-order valence-electron chi connectivity index (χ3n) is 13.8. The molecule has 6 rings (SSSR count). The van der Waals surface area contributed by atoms with Gasteiger partial charge in [0.05, 0.1) is 47.4 Å². The van der Waals surface area contributed by atoms with Gasteiger partial charge in [-0.05, 0) is 112 Å². The van der Waals surface area contributed by atoms with E-state index in [-0.39, 0.29) is 67.0 Å². The molecule has 27 heteroatoms. The molecule has 0 radical (unpaired) electrons. The number of carbonyl (C=O) groups is 1. The lowest BCUT2D eigenvalue weighted by molar-refractivity contribution is -0.433. The van der Waals surface area contributed by atoms with Crippen LogP contribution >= 0.6 is 0 Å². The number of rotatable bonds is 28. The van der Waals surface area contributed by atoms with Gasteiger partial charge in [-0.3, -0.25) is 27.6 Å². The van der Waals surface area contributed by atoms with Crippen LogP contribution < -0.4 is 4.90 Å². The quantitative estimate of drug-likeness (QED) is 0.0143. The van der Waals surface area contributed by atoms with Gasteiger partial charge in [-0.25, -0.2) is 0 Å². The Morgan fingerprint density at radius 2 is 1.17 bits per heavy atom. The van der Waals surface area contributed by atoms with E-state index in [0.717, 1.165) is 12.1 Å². The molecular formula is C51H63N2O20S5+. The zero-order valence-corrected chi connectivity index (χ0v) is 47.2. The van der Waals surface area contributed by atoms with Crippen molar-refractivity contribution in [3.8, 4) is 0 Å². The number of aliphatic carboxylic acids is 1. The summed E-state index contributed by atoms with van der Waals surface area (Å²) in [6.45, 7) is 7.31. The highest BCUT2D eigenvalue weighted by Gasteiger charge is 2.49. The van der Waals surface area contributed by atoms with Gasteiger partial charge in [0.25, 0.3) is 50.6 Å². The van der Waals surface area contributed by atoms with Crippen LogP contribution in [0.4, 0.5) is 11.4 Å². The topological polar surface area (TPSA) is 343 Å². The number of hydrogen-bond acceptors (Lipinski definition) is 15. The Morgan fingerprint density at radius 1 is 0.615 bits per heavy atom. The molecule has 2 aliphatic heterocycles. The molecule has 426 valence electrons.